The Bertz CT molecular complexity index is 2180. The van der Waals surface area contributed by atoms with E-state index in [4.69, 9.17) is 18.9 Å². The molecule has 0 aliphatic heterocycles. The quantitative estimate of drug-likeness (QED) is 0.0393. The SMILES string of the molecule is C=CCOc1ccc2c(C(c3ccc4ccccc4c3)c3c(OCC=C)ccc4cc(OC(=O)C=C)ccc34)c(OCC=C)ccc2c1. The van der Waals surface area contributed by atoms with Gasteiger partial charge in [0.1, 0.15) is 42.8 Å². The van der Waals surface area contributed by atoms with Crippen LogP contribution in [0.4, 0.5) is 0 Å². The maximum atomic E-state index is 12.1. The van der Waals surface area contributed by atoms with E-state index in [0.29, 0.717) is 31.3 Å². The fourth-order valence-electron chi connectivity index (χ4n) is 6.10. The summed E-state index contributed by atoms with van der Waals surface area (Å²) < 4.78 is 24.2. The third-order valence-electron chi connectivity index (χ3n) is 8.14. The number of fused-ring (bicyclic) bond motifs is 3. The van der Waals surface area contributed by atoms with Crippen LogP contribution in [-0.2, 0) is 4.79 Å². The Balaban J connectivity index is 1.70. The number of rotatable bonds is 14. The molecule has 5 heteroatoms. The summed E-state index contributed by atoms with van der Waals surface area (Å²) in [6, 6.07) is 34.6. The van der Waals surface area contributed by atoms with Gasteiger partial charge in [0.05, 0.1) is 0 Å². The number of carbonyl (C=O) groups excluding carboxylic acids is 1. The van der Waals surface area contributed by atoms with E-state index in [1.165, 1.54) is 0 Å². The third kappa shape index (κ3) is 6.58. The molecule has 6 aromatic carbocycles. The normalized spacial score (nSPS) is 11.5. The van der Waals surface area contributed by atoms with Crippen molar-refractivity contribution in [2.24, 2.45) is 0 Å². The minimum absolute atomic E-state index is 0.317. The van der Waals surface area contributed by atoms with Crippen molar-refractivity contribution in [3.05, 3.63) is 170 Å². The molecule has 0 saturated carbocycles. The summed E-state index contributed by atoms with van der Waals surface area (Å²) in [5.74, 6) is 1.72. The Labute approximate surface area is 280 Å². The molecule has 0 fully saturated rings. The summed E-state index contributed by atoms with van der Waals surface area (Å²) in [4.78, 5) is 12.1. The van der Waals surface area contributed by atoms with Crippen LogP contribution in [0.15, 0.2) is 154 Å². The van der Waals surface area contributed by atoms with Crippen LogP contribution >= 0.6 is 0 Å². The van der Waals surface area contributed by atoms with Gasteiger partial charge in [-0.1, -0.05) is 111 Å². The molecule has 6 rings (SSSR count). The van der Waals surface area contributed by atoms with Crippen molar-refractivity contribution in [2.75, 3.05) is 19.8 Å². The summed E-state index contributed by atoms with van der Waals surface area (Å²) in [6.45, 7) is 16.2. The molecule has 0 aliphatic rings. The molecule has 1 atom stereocenters. The molecule has 0 spiro atoms. The van der Waals surface area contributed by atoms with Crippen LogP contribution in [0.1, 0.15) is 22.6 Å². The largest absolute Gasteiger partial charge is 0.490 e. The monoisotopic (exact) mass is 632 g/mol. The molecule has 0 amide bonds. The molecular weight excluding hydrogens is 596 g/mol. The lowest BCUT2D eigenvalue weighted by Crippen LogP contribution is -2.11. The number of carbonyl (C=O) groups is 1. The lowest BCUT2D eigenvalue weighted by molar-refractivity contribution is -0.128. The first-order valence-electron chi connectivity index (χ1n) is 15.7. The van der Waals surface area contributed by atoms with Crippen molar-refractivity contribution >= 4 is 38.3 Å². The molecule has 5 nitrogen and oxygen atoms in total. The lowest BCUT2D eigenvalue weighted by Gasteiger charge is -2.27. The minimum atomic E-state index is -0.522. The van der Waals surface area contributed by atoms with Crippen LogP contribution in [0.2, 0.25) is 0 Å². The zero-order valence-electron chi connectivity index (χ0n) is 26.7. The highest BCUT2D eigenvalue weighted by Gasteiger charge is 2.29. The number of esters is 1. The van der Waals surface area contributed by atoms with Crippen LogP contribution in [0.25, 0.3) is 32.3 Å². The molecule has 0 aromatic heterocycles. The van der Waals surface area contributed by atoms with Gasteiger partial charge in [0.25, 0.3) is 0 Å². The number of benzene rings is 6. The van der Waals surface area contributed by atoms with E-state index in [0.717, 1.165) is 66.6 Å². The summed E-state index contributed by atoms with van der Waals surface area (Å²) in [5, 5.41) is 6.07. The molecule has 0 saturated heterocycles. The molecular formula is C43H36O5. The predicted octanol–water partition coefficient (Wildman–Crippen LogP) is 10.1. The van der Waals surface area contributed by atoms with Crippen LogP contribution in [0.3, 0.4) is 0 Å². The Morgan fingerprint density at radius 2 is 1.10 bits per heavy atom. The Kier molecular flexibility index (Phi) is 9.68. The molecule has 6 aromatic rings. The molecule has 0 aliphatic carbocycles. The Morgan fingerprint density at radius 1 is 0.562 bits per heavy atom. The van der Waals surface area contributed by atoms with Gasteiger partial charge in [0, 0.05) is 23.1 Å². The lowest BCUT2D eigenvalue weighted by atomic mass is 9.79. The summed E-state index contributed by atoms with van der Waals surface area (Å²) in [7, 11) is 0. The average Bonchev–Trinajstić information content (AvgIpc) is 3.12. The summed E-state index contributed by atoms with van der Waals surface area (Å²) in [5.41, 5.74) is 2.96. The van der Waals surface area contributed by atoms with Gasteiger partial charge < -0.3 is 18.9 Å². The maximum absolute atomic E-state index is 12.1. The number of ether oxygens (including phenoxy) is 4. The van der Waals surface area contributed by atoms with E-state index in [-0.39, 0.29) is 5.92 Å². The van der Waals surface area contributed by atoms with Crippen molar-refractivity contribution < 1.29 is 23.7 Å². The van der Waals surface area contributed by atoms with E-state index in [1.807, 2.05) is 60.7 Å². The van der Waals surface area contributed by atoms with E-state index < -0.39 is 5.97 Å². The van der Waals surface area contributed by atoms with Gasteiger partial charge in [-0.2, -0.15) is 0 Å². The maximum Gasteiger partial charge on any atom is 0.335 e. The summed E-state index contributed by atoms with van der Waals surface area (Å²) >= 11 is 0. The smallest absolute Gasteiger partial charge is 0.335 e. The van der Waals surface area contributed by atoms with Crippen LogP contribution in [0.5, 0.6) is 23.0 Å². The Morgan fingerprint density at radius 3 is 1.71 bits per heavy atom. The van der Waals surface area contributed by atoms with E-state index in [2.05, 4.69) is 62.7 Å². The minimum Gasteiger partial charge on any atom is -0.490 e. The molecule has 0 heterocycles. The zero-order chi connectivity index (χ0) is 33.5. The van der Waals surface area contributed by atoms with Crippen molar-refractivity contribution in [3.63, 3.8) is 0 Å². The van der Waals surface area contributed by atoms with Gasteiger partial charge in [0.2, 0.25) is 0 Å². The van der Waals surface area contributed by atoms with Gasteiger partial charge in [-0.3, -0.25) is 0 Å². The van der Waals surface area contributed by atoms with Gasteiger partial charge in [-0.15, -0.1) is 0 Å². The number of hydrogen-bond acceptors (Lipinski definition) is 5. The van der Waals surface area contributed by atoms with Gasteiger partial charge >= 0.3 is 5.97 Å². The fraction of sp³-hybridized carbons (Fsp3) is 0.0930. The molecule has 0 radical (unpaired) electrons. The van der Waals surface area contributed by atoms with Gasteiger partial charge in [-0.25, -0.2) is 4.79 Å². The second-order valence-corrected chi connectivity index (χ2v) is 11.2. The van der Waals surface area contributed by atoms with E-state index >= 15 is 0 Å². The standard InChI is InChI=1S/C43H36O5/c1-5-23-45-34-17-19-36-31(27-34)15-21-38(46-24-6-2)42(36)41(33-14-13-29-11-9-10-12-30(29)26-33)43-37-20-18-35(48-40(44)8-4)28-32(37)16-22-39(43)47-25-7-3/h5-22,26-28,41H,1-4,23-25H2. The highest BCUT2D eigenvalue weighted by atomic mass is 16.5. The van der Waals surface area contributed by atoms with Crippen molar-refractivity contribution in [2.45, 2.75) is 5.92 Å². The second kappa shape index (κ2) is 14.6. The van der Waals surface area contributed by atoms with Crippen LogP contribution < -0.4 is 18.9 Å². The first-order chi connectivity index (χ1) is 23.5. The average molecular weight is 633 g/mol. The Hall–Kier alpha value is -6.07. The molecule has 0 N–H and O–H groups in total. The van der Waals surface area contributed by atoms with Gasteiger partial charge in [0.15, 0.2) is 0 Å². The summed E-state index contributed by atoms with van der Waals surface area (Å²) in [6.07, 6.45) is 6.36. The molecule has 48 heavy (non-hydrogen) atoms. The van der Waals surface area contributed by atoms with E-state index in [1.54, 1.807) is 24.3 Å². The zero-order valence-corrected chi connectivity index (χ0v) is 26.7. The first-order valence-corrected chi connectivity index (χ1v) is 15.7. The fourth-order valence-corrected chi connectivity index (χ4v) is 6.10. The number of hydrogen-bond donors (Lipinski definition) is 0. The highest BCUT2D eigenvalue weighted by Crippen LogP contribution is 2.48. The van der Waals surface area contributed by atoms with Gasteiger partial charge in [-0.05, 0) is 74.3 Å². The third-order valence-corrected chi connectivity index (χ3v) is 8.14. The molecule has 0 bridgehead atoms. The first kappa shape index (κ1) is 31.9. The van der Waals surface area contributed by atoms with Crippen molar-refractivity contribution in [1.82, 2.24) is 0 Å². The van der Waals surface area contributed by atoms with E-state index in [9.17, 15) is 4.79 Å². The molecule has 1 unspecified atom stereocenters. The topological polar surface area (TPSA) is 54.0 Å². The second-order valence-electron chi connectivity index (χ2n) is 11.2. The van der Waals surface area contributed by atoms with Crippen LogP contribution in [-0.4, -0.2) is 25.8 Å². The van der Waals surface area contributed by atoms with Crippen LogP contribution in [0, 0.1) is 0 Å². The highest BCUT2D eigenvalue weighted by molar-refractivity contribution is 5.96. The molecule has 238 valence electrons. The van der Waals surface area contributed by atoms with Crippen molar-refractivity contribution in [1.29, 1.82) is 0 Å². The van der Waals surface area contributed by atoms with Crippen molar-refractivity contribution in [3.8, 4) is 23.0 Å². The predicted molar refractivity (Wildman–Crippen MR) is 196 cm³/mol.